The lowest BCUT2D eigenvalue weighted by Gasteiger charge is -2.23. The van der Waals surface area contributed by atoms with E-state index >= 15 is 0 Å². The fourth-order valence-corrected chi connectivity index (χ4v) is 5.43. The molecule has 0 saturated heterocycles. The van der Waals surface area contributed by atoms with Gasteiger partial charge in [0, 0.05) is 0 Å². The lowest BCUT2D eigenvalue weighted by molar-refractivity contribution is 0.325. The van der Waals surface area contributed by atoms with E-state index in [0.29, 0.717) is 5.92 Å². The summed E-state index contributed by atoms with van der Waals surface area (Å²) in [5.74, 6) is 3.17. The molecule has 32 heavy (non-hydrogen) atoms. The largest absolute Gasteiger partial charge is 0.0848 e. The van der Waals surface area contributed by atoms with Gasteiger partial charge in [-0.1, -0.05) is 138 Å². The van der Waals surface area contributed by atoms with Crippen LogP contribution < -0.4 is 0 Å². The normalized spacial score (nSPS) is 19.8. The maximum absolute atomic E-state index is 2.46. The molecule has 2 fully saturated rings. The van der Waals surface area contributed by atoms with E-state index < -0.39 is 0 Å². The minimum Gasteiger partial charge on any atom is -0.0848 e. The first kappa shape index (κ1) is 24.8. The van der Waals surface area contributed by atoms with Crippen LogP contribution in [0.25, 0.3) is 0 Å². The molecule has 2 unspecified atom stereocenters. The molecule has 0 amide bonds. The van der Waals surface area contributed by atoms with Crippen molar-refractivity contribution >= 4 is 0 Å². The van der Waals surface area contributed by atoms with E-state index in [2.05, 4.69) is 86.7 Å². The van der Waals surface area contributed by atoms with E-state index in [1.165, 1.54) is 88.2 Å². The minimum atomic E-state index is 0.558. The fraction of sp³-hybridized carbons (Fsp3) is 0.562. The number of hydrogen-bond donors (Lipinski definition) is 0. The first-order valence-electron chi connectivity index (χ1n) is 13.5. The number of allylic oxidation sites excluding steroid dienone is 2. The molecule has 0 nitrogen and oxygen atoms in total. The van der Waals surface area contributed by atoms with Crippen molar-refractivity contribution in [2.45, 2.75) is 103 Å². The highest BCUT2D eigenvalue weighted by atomic mass is 14.2. The molecule has 2 saturated carbocycles. The van der Waals surface area contributed by atoms with Gasteiger partial charge in [0.15, 0.2) is 0 Å². The first-order chi connectivity index (χ1) is 15.7. The topological polar surface area (TPSA) is 0 Å². The van der Waals surface area contributed by atoms with E-state index in [9.17, 15) is 0 Å². The number of benzene rings is 2. The second kappa shape index (κ2) is 14.4. The average molecular weight is 431 g/mol. The second-order valence-corrected chi connectivity index (χ2v) is 10.4. The van der Waals surface area contributed by atoms with Gasteiger partial charge in [-0.05, 0) is 60.5 Å². The Balaban J connectivity index is 0.000000181. The summed E-state index contributed by atoms with van der Waals surface area (Å²) in [6.45, 7) is 4.66. The molecule has 0 N–H and O–H groups in total. The maximum atomic E-state index is 2.46. The first-order valence-corrected chi connectivity index (χ1v) is 13.5. The van der Waals surface area contributed by atoms with E-state index in [-0.39, 0.29) is 0 Å². The Morgan fingerprint density at radius 1 is 0.688 bits per heavy atom. The van der Waals surface area contributed by atoms with Gasteiger partial charge in [0.1, 0.15) is 0 Å². The van der Waals surface area contributed by atoms with Crippen LogP contribution >= 0.6 is 0 Å². The summed E-state index contributed by atoms with van der Waals surface area (Å²) >= 11 is 0. The van der Waals surface area contributed by atoms with Crippen molar-refractivity contribution in [3.8, 4) is 0 Å². The second-order valence-electron chi connectivity index (χ2n) is 10.4. The molecule has 2 aromatic rings. The Bertz CT molecular complexity index is 732. The van der Waals surface area contributed by atoms with Crippen LogP contribution in [0, 0.1) is 11.8 Å². The molecule has 2 aliphatic rings. The van der Waals surface area contributed by atoms with Crippen LogP contribution in [-0.4, -0.2) is 0 Å². The maximum Gasteiger partial charge on any atom is -0.00103 e. The summed E-state index contributed by atoms with van der Waals surface area (Å²) in [4.78, 5) is 0. The molecule has 0 heteroatoms. The van der Waals surface area contributed by atoms with E-state index in [1.807, 2.05) is 0 Å². The zero-order valence-corrected chi connectivity index (χ0v) is 20.7. The third kappa shape index (κ3) is 8.97. The molecule has 4 rings (SSSR count). The summed E-state index contributed by atoms with van der Waals surface area (Å²) in [5, 5.41) is 0. The van der Waals surface area contributed by atoms with Crippen LogP contribution in [-0.2, 0) is 0 Å². The molecule has 174 valence electrons. The minimum absolute atomic E-state index is 0.558. The quantitative estimate of drug-likeness (QED) is 0.383. The standard InChI is InChI=1S/C16H24.C16H22/c2*1-14(16-10-6-3-7-11-16)12-13-15-8-4-2-5-9-15/h3,6-7,10-11,14-15H,2,4-5,8-9,12-13H2,1H3;3,6-7,10-15H,2,4-5,8-9H2,1H3/b;13-12+. The Kier molecular flexibility index (Phi) is 11.1. The van der Waals surface area contributed by atoms with Gasteiger partial charge in [0.05, 0.1) is 0 Å². The zero-order valence-electron chi connectivity index (χ0n) is 20.7. The lowest BCUT2D eigenvalue weighted by atomic mass is 9.83. The van der Waals surface area contributed by atoms with Crippen molar-refractivity contribution in [1.29, 1.82) is 0 Å². The summed E-state index contributed by atoms with van der Waals surface area (Å²) < 4.78 is 0. The molecule has 0 heterocycles. The van der Waals surface area contributed by atoms with Gasteiger partial charge >= 0.3 is 0 Å². The molecular weight excluding hydrogens is 384 g/mol. The smallest absolute Gasteiger partial charge is 0.00103 e. The molecule has 0 aromatic heterocycles. The highest BCUT2D eigenvalue weighted by Gasteiger charge is 2.15. The highest BCUT2D eigenvalue weighted by molar-refractivity contribution is 5.23. The van der Waals surface area contributed by atoms with Crippen molar-refractivity contribution in [3.63, 3.8) is 0 Å². The number of rotatable bonds is 7. The summed E-state index contributed by atoms with van der Waals surface area (Å²) in [6.07, 6.45) is 22.2. The molecule has 2 aromatic carbocycles. The predicted octanol–water partition coefficient (Wildman–Crippen LogP) is 10.1. The summed E-state index contributed by atoms with van der Waals surface area (Å²) in [6, 6.07) is 21.7. The van der Waals surface area contributed by atoms with Gasteiger partial charge < -0.3 is 0 Å². The molecule has 0 radical (unpaired) electrons. The van der Waals surface area contributed by atoms with E-state index in [4.69, 9.17) is 0 Å². The monoisotopic (exact) mass is 430 g/mol. The van der Waals surface area contributed by atoms with Crippen molar-refractivity contribution in [1.82, 2.24) is 0 Å². The van der Waals surface area contributed by atoms with Crippen molar-refractivity contribution in [2.24, 2.45) is 11.8 Å². The predicted molar refractivity (Wildman–Crippen MR) is 141 cm³/mol. The van der Waals surface area contributed by atoms with Crippen molar-refractivity contribution in [3.05, 3.63) is 83.9 Å². The van der Waals surface area contributed by atoms with Gasteiger partial charge in [-0.15, -0.1) is 0 Å². The van der Waals surface area contributed by atoms with Crippen LogP contribution in [0.4, 0.5) is 0 Å². The molecule has 0 aliphatic heterocycles. The fourth-order valence-electron chi connectivity index (χ4n) is 5.43. The van der Waals surface area contributed by atoms with Gasteiger partial charge in [0.25, 0.3) is 0 Å². The SMILES string of the molecule is CC(/C=C/C1CCCCC1)c1ccccc1.CC(CCC1CCCCC1)c1ccccc1. The molecule has 2 aliphatic carbocycles. The molecule has 0 spiro atoms. The number of hydrogen-bond acceptors (Lipinski definition) is 0. The Morgan fingerprint density at radius 2 is 1.22 bits per heavy atom. The van der Waals surface area contributed by atoms with Crippen LogP contribution in [0.2, 0.25) is 0 Å². The Morgan fingerprint density at radius 3 is 1.81 bits per heavy atom. The third-order valence-corrected chi connectivity index (χ3v) is 7.75. The van der Waals surface area contributed by atoms with Gasteiger partial charge in [-0.2, -0.15) is 0 Å². The van der Waals surface area contributed by atoms with Gasteiger partial charge in [0.2, 0.25) is 0 Å². The molecule has 2 atom stereocenters. The van der Waals surface area contributed by atoms with Gasteiger partial charge in [-0.25, -0.2) is 0 Å². The third-order valence-electron chi connectivity index (χ3n) is 7.75. The summed E-state index contributed by atoms with van der Waals surface area (Å²) in [5.41, 5.74) is 2.94. The van der Waals surface area contributed by atoms with Crippen LogP contribution in [0.3, 0.4) is 0 Å². The lowest BCUT2D eigenvalue weighted by Crippen LogP contribution is -2.07. The van der Waals surface area contributed by atoms with Gasteiger partial charge in [-0.3, -0.25) is 0 Å². The van der Waals surface area contributed by atoms with Crippen LogP contribution in [0.1, 0.15) is 114 Å². The van der Waals surface area contributed by atoms with Crippen LogP contribution in [0.5, 0.6) is 0 Å². The Hall–Kier alpha value is -1.82. The summed E-state index contributed by atoms with van der Waals surface area (Å²) in [7, 11) is 0. The molecule has 0 bridgehead atoms. The van der Waals surface area contributed by atoms with Crippen LogP contribution in [0.15, 0.2) is 72.8 Å². The van der Waals surface area contributed by atoms with E-state index in [0.717, 1.165) is 17.8 Å². The van der Waals surface area contributed by atoms with Crippen molar-refractivity contribution < 1.29 is 0 Å². The average Bonchev–Trinajstić information content (AvgIpc) is 2.88. The van der Waals surface area contributed by atoms with Crippen molar-refractivity contribution in [2.75, 3.05) is 0 Å². The molecular formula is C32H46. The van der Waals surface area contributed by atoms with E-state index in [1.54, 1.807) is 0 Å². The zero-order chi connectivity index (χ0) is 22.4. The Labute approximate surface area is 198 Å². The highest BCUT2D eigenvalue weighted by Crippen LogP contribution is 2.31.